The van der Waals surface area contributed by atoms with Gasteiger partial charge in [0.15, 0.2) is 0 Å². The minimum absolute atomic E-state index is 0.0262. The van der Waals surface area contributed by atoms with Gasteiger partial charge in [0.1, 0.15) is 0 Å². The Hall–Kier alpha value is -2.01. The van der Waals surface area contributed by atoms with Crippen molar-refractivity contribution in [3.8, 4) is 0 Å². The molecule has 1 aliphatic carbocycles. The van der Waals surface area contributed by atoms with Crippen molar-refractivity contribution >= 4 is 34.3 Å². The summed E-state index contributed by atoms with van der Waals surface area (Å²) in [6.45, 7) is 0.0262. The van der Waals surface area contributed by atoms with Crippen LogP contribution in [-0.2, 0) is 16.0 Å². The van der Waals surface area contributed by atoms with E-state index in [9.17, 15) is 9.59 Å². The van der Waals surface area contributed by atoms with E-state index < -0.39 is 0 Å². The number of carbonyl (C=O) groups excluding carboxylic acids is 2. The van der Waals surface area contributed by atoms with E-state index in [2.05, 4.69) is 15.6 Å². The quantitative estimate of drug-likeness (QED) is 0.778. The van der Waals surface area contributed by atoms with Gasteiger partial charge in [-0.25, -0.2) is 0 Å². The lowest BCUT2D eigenvalue weighted by Gasteiger charge is -2.22. The Morgan fingerprint density at radius 3 is 2.75 bits per heavy atom. The van der Waals surface area contributed by atoms with Gasteiger partial charge in [0.2, 0.25) is 11.8 Å². The van der Waals surface area contributed by atoms with Gasteiger partial charge in [-0.15, -0.1) is 0 Å². The van der Waals surface area contributed by atoms with E-state index in [1.807, 2.05) is 18.3 Å². The summed E-state index contributed by atoms with van der Waals surface area (Å²) >= 11 is 6.01. The molecular formula is C18H22ClN3O2. The van der Waals surface area contributed by atoms with Crippen LogP contribution in [0.2, 0.25) is 5.02 Å². The number of hydrogen-bond acceptors (Lipinski definition) is 2. The van der Waals surface area contributed by atoms with E-state index in [4.69, 9.17) is 11.6 Å². The molecule has 1 fully saturated rings. The summed E-state index contributed by atoms with van der Waals surface area (Å²) in [4.78, 5) is 27.1. The predicted octanol–water partition coefficient (Wildman–Crippen LogP) is 2.93. The highest BCUT2D eigenvalue weighted by Crippen LogP contribution is 2.22. The SMILES string of the molecule is O=C(Cc1c[nH]c2ccc(Cl)cc12)NCC(=O)NC1CCCCC1. The van der Waals surface area contributed by atoms with Crippen molar-refractivity contribution in [1.29, 1.82) is 0 Å². The fourth-order valence-electron chi connectivity index (χ4n) is 3.24. The van der Waals surface area contributed by atoms with Gasteiger partial charge in [0.25, 0.3) is 0 Å². The molecule has 0 unspecified atom stereocenters. The maximum atomic E-state index is 12.1. The highest BCUT2D eigenvalue weighted by Gasteiger charge is 2.16. The molecule has 3 N–H and O–H groups in total. The summed E-state index contributed by atoms with van der Waals surface area (Å²) in [5, 5.41) is 7.25. The van der Waals surface area contributed by atoms with Crippen molar-refractivity contribution in [2.75, 3.05) is 6.54 Å². The molecule has 0 bridgehead atoms. The van der Waals surface area contributed by atoms with Crippen LogP contribution >= 0.6 is 11.6 Å². The molecular weight excluding hydrogens is 326 g/mol. The molecule has 0 atom stereocenters. The smallest absolute Gasteiger partial charge is 0.239 e. The second-order valence-corrected chi connectivity index (χ2v) is 6.80. The monoisotopic (exact) mass is 347 g/mol. The molecule has 5 nitrogen and oxygen atoms in total. The molecule has 2 aromatic rings. The van der Waals surface area contributed by atoms with Crippen molar-refractivity contribution in [1.82, 2.24) is 15.6 Å². The zero-order valence-electron chi connectivity index (χ0n) is 13.5. The molecule has 1 aliphatic rings. The van der Waals surface area contributed by atoms with Crippen LogP contribution in [0.1, 0.15) is 37.7 Å². The number of benzene rings is 1. The van der Waals surface area contributed by atoms with E-state index in [0.717, 1.165) is 29.3 Å². The van der Waals surface area contributed by atoms with Crippen LogP contribution in [0.3, 0.4) is 0 Å². The summed E-state index contributed by atoms with van der Waals surface area (Å²) in [5.74, 6) is -0.285. The first-order valence-corrected chi connectivity index (χ1v) is 8.81. The van der Waals surface area contributed by atoms with E-state index in [1.54, 1.807) is 6.07 Å². The molecule has 1 aromatic carbocycles. The summed E-state index contributed by atoms with van der Waals surface area (Å²) in [6.07, 6.45) is 7.68. The van der Waals surface area contributed by atoms with Crippen LogP contribution in [-0.4, -0.2) is 29.4 Å². The number of fused-ring (bicyclic) bond motifs is 1. The number of amides is 2. The van der Waals surface area contributed by atoms with Gasteiger partial charge in [0.05, 0.1) is 13.0 Å². The topological polar surface area (TPSA) is 74.0 Å². The average Bonchev–Trinajstić information content (AvgIpc) is 2.96. The lowest BCUT2D eigenvalue weighted by molar-refractivity contribution is -0.126. The number of H-pyrrole nitrogens is 1. The van der Waals surface area contributed by atoms with Crippen LogP contribution in [0.5, 0.6) is 0 Å². The van der Waals surface area contributed by atoms with Crippen molar-refractivity contribution in [2.45, 2.75) is 44.6 Å². The fraction of sp³-hybridized carbons (Fsp3) is 0.444. The van der Waals surface area contributed by atoms with Gasteiger partial charge in [0, 0.05) is 28.2 Å². The van der Waals surface area contributed by atoms with E-state index >= 15 is 0 Å². The Kier molecular flexibility index (Phi) is 5.41. The second-order valence-electron chi connectivity index (χ2n) is 6.36. The van der Waals surface area contributed by atoms with E-state index in [0.29, 0.717) is 5.02 Å². The van der Waals surface area contributed by atoms with Crippen molar-refractivity contribution in [2.24, 2.45) is 0 Å². The molecule has 3 rings (SSSR count). The normalized spacial score (nSPS) is 15.4. The van der Waals surface area contributed by atoms with Gasteiger partial charge in [-0.1, -0.05) is 30.9 Å². The standard InChI is InChI=1S/C18H22ClN3O2/c19-13-6-7-16-15(9-13)12(10-20-16)8-17(23)21-11-18(24)22-14-4-2-1-3-5-14/h6-7,9-10,14,20H,1-5,8,11H2,(H,21,23)(H,22,24). The first-order valence-electron chi connectivity index (χ1n) is 8.43. The summed E-state index contributed by atoms with van der Waals surface area (Å²) in [5.41, 5.74) is 1.81. The minimum Gasteiger partial charge on any atom is -0.361 e. The number of nitrogens with one attached hydrogen (secondary N) is 3. The number of aromatic amines is 1. The first-order chi connectivity index (χ1) is 11.6. The molecule has 6 heteroatoms. The average molecular weight is 348 g/mol. The lowest BCUT2D eigenvalue weighted by Crippen LogP contribution is -2.43. The molecule has 2 amide bonds. The summed E-state index contributed by atoms with van der Waals surface area (Å²) in [7, 11) is 0. The highest BCUT2D eigenvalue weighted by atomic mass is 35.5. The van der Waals surface area contributed by atoms with Gasteiger partial charge in [-0.3, -0.25) is 9.59 Å². The lowest BCUT2D eigenvalue weighted by atomic mass is 9.95. The number of carbonyl (C=O) groups is 2. The van der Waals surface area contributed by atoms with Crippen molar-refractivity contribution in [3.63, 3.8) is 0 Å². The zero-order chi connectivity index (χ0) is 16.9. The molecule has 0 aliphatic heterocycles. The van der Waals surface area contributed by atoms with E-state index in [1.165, 1.54) is 19.3 Å². The maximum absolute atomic E-state index is 12.1. The largest absolute Gasteiger partial charge is 0.361 e. The molecule has 0 saturated heterocycles. The summed E-state index contributed by atoms with van der Waals surface area (Å²) in [6, 6.07) is 5.79. The minimum atomic E-state index is -0.172. The molecule has 24 heavy (non-hydrogen) atoms. The Labute approximate surface area is 146 Å². The third-order valence-corrected chi connectivity index (χ3v) is 4.73. The number of hydrogen-bond donors (Lipinski definition) is 3. The van der Waals surface area contributed by atoms with Crippen LogP contribution < -0.4 is 10.6 Å². The maximum Gasteiger partial charge on any atom is 0.239 e. The third-order valence-electron chi connectivity index (χ3n) is 4.50. The fourth-order valence-corrected chi connectivity index (χ4v) is 3.41. The first kappa shape index (κ1) is 16.8. The van der Waals surface area contributed by atoms with Gasteiger partial charge in [-0.2, -0.15) is 0 Å². The Morgan fingerprint density at radius 1 is 1.17 bits per heavy atom. The van der Waals surface area contributed by atoms with Crippen LogP contribution in [0.15, 0.2) is 24.4 Å². The predicted molar refractivity (Wildman–Crippen MR) is 95.0 cm³/mol. The molecule has 0 radical (unpaired) electrons. The Balaban J connectivity index is 1.49. The third kappa shape index (κ3) is 4.29. The van der Waals surface area contributed by atoms with Crippen LogP contribution in [0, 0.1) is 0 Å². The number of aromatic nitrogens is 1. The molecule has 1 saturated carbocycles. The highest BCUT2D eigenvalue weighted by molar-refractivity contribution is 6.31. The molecule has 1 aromatic heterocycles. The van der Waals surface area contributed by atoms with Gasteiger partial charge >= 0.3 is 0 Å². The molecule has 0 spiro atoms. The van der Waals surface area contributed by atoms with Crippen molar-refractivity contribution < 1.29 is 9.59 Å². The number of rotatable bonds is 5. The van der Waals surface area contributed by atoms with Crippen molar-refractivity contribution in [3.05, 3.63) is 35.0 Å². The summed E-state index contributed by atoms with van der Waals surface area (Å²) < 4.78 is 0. The van der Waals surface area contributed by atoms with E-state index in [-0.39, 0.29) is 30.8 Å². The zero-order valence-corrected chi connectivity index (χ0v) is 14.3. The van der Waals surface area contributed by atoms with Gasteiger partial charge in [-0.05, 0) is 36.6 Å². The van der Waals surface area contributed by atoms with Gasteiger partial charge < -0.3 is 15.6 Å². The Bertz CT molecular complexity index is 735. The van der Waals surface area contributed by atoms with Crippen LogP contribution in [0.4, 0.5) is 0 Å². The Morgan fingerprint density at radius 2 is 1.96 bits per heavy atom. The number of halogens is 1. The second kappa shape index (κ2) is 7.71. The molecule has 1 heterocycles. The molecule has 128 valence electrons. The van der Waals surface area contributed by atoms with Crippen LogP contribution in [0.25, 0.3) is 10.9 Å².